The third-order valence-electron chi connectivity index (χ3n) is 5.98. The van der Waals surface area contributed by atoms with Gasteiger partial charge in [-0.2, -0.15) is 0 Å². The van der Waals surface area contributed by atoms with Crippen molar-refractivity contribution < 1.29 is 28.6 Å². The third-order valence-corrected chi connectivity index (χ3v) is 5.98. The summed E-state index contributed by atoms with van der Waals surface area (Å²) in [6.45, 7) is 4.21. The highest BCUT2D eigenvalue weighted by molar-refractivity contribution is 5.83. The molecule has 2 aliphatic carbocycles. The van der Waals surface area contributed by atoms with E-state index in [0.29, 0.717) is 0 Å². The number of esters is 3. The molecule has 0 spiro atoms. The predicted octanol–water partition coefficient (Wildman–Crippen LogP) is 2.51. The van der Waals surface area contributed by atoms with Crippen molar-refractivity contribution in [2.75, 3.05) is 19.8 Å². The second kappa shape index (κ2) is 8.23. The summed E-state index contributed by atoms with van der Waals surface area (Å²) in [5.41, 5.74) is 0. The zero-order valence-corrected chi connectivity index (χ0v) is 15.5. The molecule has 3 rings (SSSR count). The number of carbonyl (C=O) groups is 3. The summed E-state index contributed by atoms with van der Waals surface area (Å²) >= 11 is 0. The van der Waals surface area contributed by atoms with Crippen LogP contribution in [0.3, 0.4) is 0 Å². The number of hydrogen-bond donors (Lipinski definition) is 0. The summed E-state index contributed by atoms with van der Waals surface area (Å²) < 4.78 is 16.4. The third kappa shape index (κ3) is 3.79. The van der Waals surface area contributed by atoms with E-state index < -0.39 is 17.8 Å². The maximum atomic E-state index is 12.9. The smallest absolute Gasteiger partial charge is 0.310 e. The van der Waals surface area contributed by atoms with Crippen LogP contribution in [0.4, 0.5) is 0 Å². The van der Waals surface area contributed by atoms with Crippen LogP contribution in [0.25, 0.3) is 0 Å². The quantitative estimate of drug-likeness (QED) is 0.426. The first kappa shape index (κ1) is 18.9. The topological polar surface area (TPSA) is 78.9 Å². The zero-order valence-electron chi connectivity index (χ0n) is 15.5. The Labute approximate surface area is 154 Å². The highest BCUT2D eigenvalue weighted by Gasteiger charge is 2.47. The Bertz CT molecular complexity index is 583. The van der Waals surface area contributed by atoms with Gasteiger partial charge in [0.15, 0.2) is 0 Å². The lowest BCUT2D eigenvalue weighted by molar-refractivity contribution is -0.172. The Morgan fingerprint density at radius 3 is 2.62 bits per heavy atom. The van der Waals surface area contributed by atoms with Crippen molar-refractivity contribution in [3.05, 3.63) is 12.2 Å². The van der Waals surface area contributed by atoms with Gasteiger partial charge in [-0.25, -0.2) is 0 Å². The largest absolute Gasteiger partial charge is 0.466 e. The molecule has 1 aliphatic heterocycles. The number of cyclic esters (lactones) is 2. The number of ether oxygens (including phenoxy) is 3. The van der Waals surface area contributed by atoms with Crippen LogP contribution in [0.5, 0.6) is 0 Å². The van der Waals surface area contributed by atoms with Gasteiger partial charge in [-0.15, -0.1) is 0 Å². The zero-order chi connectivity index (χ0) is 18.7. The second-order valence-electron chi connectivity index (χ2n) is 7.62. The van der Waals surface area contributed by atoms with Gasteiger partial charge in [0.05, 0.1) is 37.6 Å². The van der Waals surface area contributed by atoms with E-state index in [2.05, 4.69) is 0 Å². The van der Waals surface area contributed by atoms with E-state index in [1.165, 1.54) is 0 Å². The van der Waals surface area contributed by atoms with Crippen molar-refractivity contribution in [2.45, 2.75) is 39.5 Å². The fraction of sp³-hybridized carbons (Fsp3) is 0.750. The average molecular weight is 364 g/mol. The number of hydrogen-bond acceptors (Lipinski definition) is 6. The second-order valence-corrected chi connectivity index (χ2v) is 7.62. The molecule has 1 heterocycles. The first-order chi connectivity index (χ1) is 12.5. The van der Waals surface area contributed by atoms with Gasteiger partial charge >= 0.3 is 17.9 Å². The summed E-state index contributed by atoms with van der Waals surface area (Å²) in [5.74, 6) is -2.96. The van der Waals surface area contributed by atoms with Crippen molar-refractivity contribution in [2.24, 2.45) is 35.5 Å². The fourth-order valence-corrected chi connectivity index (χ4v) is 4.52. The summed E-state index contributed by atoms with van der Waals surface area (Å²) in [6.07, 6.45) is 7.45. The summed E-state index contributed by atoms with van der Waals surface area (Å²) in [5, 5.41) is 0. The lowest BCUT2D eigenvalue weighted by Crippen LogP contribution is -2.45. The minimum absolute atomic E-state index is 0.00866. The molecule has 0 aromatic rings. The molecule has 1 saturated heterocycles. The summed E-state index contributed by atoms with van der Waals surface area (Å²) in [7, 11) is 0. The van der Waals surface area contributed by atoms with E-state index >= 15 is 0 Å². The van der Waals surface area contributed by atoms with Crippen LogP contribution in [-0.4, -0.2) is 37.7 Å². The first-order valence-electron chi connectivity index (χ1n) is 9.71. The lowest BCUT2D eigenvalue weighted by atomic mass is 9.71. The molecule has 1 saturated carbocycles. The van der Waals surface area contributed by atoms with Crippen LogP contribution < -0.4 is 0 Å². The van der Waals surface area contributed by atoms with E-state index in [1.807, 2.05) is 19.1 Å². The SMILES string of the molecule is CCOC(=O)[C@H]1[C@@H]2C(=O)OC[C@@H]3CCCC[C@H]3C(=O)OC[C@H]2C=C[C@H]1C. The Morgan fingerprint density at radius 1 is 1.12 bits per heavy atom. The molecule has 0 radical (unpaired) electrons. The molecule has 6 nitrogen and oxygen atoms in total. The number of allylic oxidation sites excluding steroid dienone is 1. The van der Waals surface area contributed by atoms with Crippen molar-refractivity contribution >= 4 is 17.9 Å². The average Bonchev–Trinajstić information content (AvgIpc) is 2.64. The Morgan fingerprint density at radius 2 is 1.85 bits per heavy atom. The molecular formula is C20H28O6. The van der Waals surface area contributed by atoms with Gasteiger partial charge in [-0.1, -0.05) is 31.9 Å². The molecule has 0 bridgehead atoms. The molecule has 0 N–H and O–H groups in total. The molecular weight excluding hydrogens is 336 g/mol. The van der Waals surface area contributed by atoms with Gasteiger partial charge in [0.2, 0.25) is 0 Å². The Kier molecular flexibility index (Phi) is 5.99. The van der Waals surface area contributed by atoms with Crippen molar-refractivity contribution in [3.8, 4) is 0 Å². The van der Waals surface area contributed by atoms with E-state index in [4.69, 9.17) is 14.2 Å². The molecule has 0 aromatic heterocycles. The van der Waals surface area contributed by atoms with Crippen LogP contribution in [0.2, 0.25) is 0 Å². The van der Waals surface area contributed by atoms with Crippen molar-refractivity contribution in [1.29, 1.82) is 0 Å². The molecule has 0 unspecified atom stereocenters. The van der Waals surface area contributed by atoms with E-state index in [9.17, 15) is 14.4 Å². The molecule has 26 heavy (non-hydrogen) atoms. The highest BCUT2D eigenvalue weighted by atomic mass is 16.5. The number of carbonyl (C=O) groups excluding carboxylic acids is 3. The van der Waals surface area contributed by atoms with Crippen molar-refractivity contribution in [3.63, 3.8) is 0 Å². The van der Waals surface area contributed by atoms with Crippen LogP contribution in [0, 0.1) is 35.5 Å². The Hall–Kier alpha value is -1.85. The monoisotopic (exact) mass is 364 g/mol. The van der Waals surface area contributed by atoms with Gasteiger partial charge < -0.3 is 14.2 Å². The summed E-state index contributed by atoms with van der Waals surface area (Å²) in [4.78, 5) is 37.9. The fourth-order valence-electron chi connectivity index (χ4n) is 4.52. The van der Waals surface area contributed by atoms with Crippen LogP contribution in [0.1, 0.15) is 39.5 Å². The molecule has 6 atom stereocenters. The van der Waals surface area contributed by atoms with E-state index in [-0.39, 0.29) is 55.4 Å². The van der Waals surface area contributed by atoms with Crippen LogP contribution in [-0.2, 0) is 28.6 Å². The molecule has 3 aliphatic rings. The molecule has 0 amide bonds. The first-order valence-corrected chi connectivity index (χ1v) is 9.71. The van der Waals surface area contributed by atoms with Crippen LogP contribution >= 0.6 is 0 Å². The number of rotatable bonds is 2. The van der Waals surface area contributed by atoms with Gasteiger partial charge in [0.1, 0.15) is 0 Å². The number of fused-ring (bicyclic) bond motifs is 2. The molecule has 6 heteroatoms. The van der Waals surface area contributed by atoms with Gasteiger partial charge in [-0.05, 0) is 25.7 Å². The molecule has 144 valence electrons. The van der Waals surface area contributed by atoms with Gasteiger partial charge in [0, 0.05) is 11.8 Å². The lowest BCUT2D eigenvalue weighted by Gasteiger charge is -2.37. The maximum Gasteiger partial charge on any atom is 0.310 e. The normalized spacial score (nSPS) is 37.6. The van der Waals surface area contributed by atoms with E-state index in [0.717, 1.165) is 25.7 Å². The van der Waals surface area contributed by atoms with Gasteiger partial charge in [0.25, 0.3) is 0 Å². The molecule has 2 fully saturated rings. The molecule has 0 aromatic carbocycles. The van der Waals surface area contributed by atoms with E-state index in [1.54, 1.807) is 6.92 Å². The van der Waals surface area contributed by atoms with Crippen molar-refractivity contribution in [1.82, 2.24) is 0 Å². The predicted molar refractivity (Wildman–Crippen MR) is 92.8 cm³/mol. The minimum atomic E-state index is -0.679. The standard InChI is InChI=1S/C20H28O6/c1-3-24-19(22)16-12(2)8-9-14-11-25-18(21)15-7-5-4-6-13(15)10-26-20(23)17(14)16/h8-9,12-17H,3-7,10-11H2,1-2H3/t12-,13+,14-,15-,16-,17-/m1/s1. The summed E-state index contributed by atoms with van der Waals surface area (Å²) in [6, 6.07) is 0. The highest BCUT2D eigenvalue weighted by Crippen LogP contribution is 2.39. The van der Waals surface area contributed by atoms with Gasteiger partial charge in [-0.3, -0.25) is 14.4 Å². The Balaban J connectivity index is 1.85. The minimum Gasteiger partial charge on any atom is -0.466 e. The van der Waals surface area contributed by atoms with Crippen LogP contribution in [0.15, 0.2) is 12.2 Å². The maximum absolute atomic E-state index is 12.9.